The highest BCUT2D eigenvalue weighted by Gasteiger charge is 2.13. The maximum Gasteiger partial charge on any atom is 0.261 e. The van der Waals surface area contributed by atoms with E-state index in [2.05, 4.69) is 10.0 Å². The van der Waals surface area contributed by atoms with Crippen LogP contribution in [0.1, 0.15) is 5.56 Å². The van der Waals surface area contributed by atoms with Crippen molar-refractivity contribution in [3.63, 3.8) is 0 Å². The third-order valence-electron chi connectivity index (χ3n) is 3.60. The van der Waals surface area contributed by atoms with Gasteiger partial charge in [0.25, 0.3) is 10.0 Å². The van der Waals surface area contributed by atoms with Crippen LogP contribution < -0.4 is 10.0 Å². The summed E-state index contributed by atoms with van der Waals surface area (Å²) in [5, 5.41) is 3.12. The van der Waals surface area contributed by atoms with Gasteiger partial charge < -0.3 is 5.32 Å². The van der Waals surface area contributed by atoms with Crippen molar-refractivity contribution in [1.29, 1.82) is 0 Å². The molecule has 3 aromatic carbocycles. The van der Waals surface area contributed by atoms with Gasteiger partial charge in [0.2, 0.25) is 0 Å². The van der Waals surface area contributed by atoms with E-state index in [9.17, 15) is 12.8 Å². The lowest BCUT2D eigenvalue weighted by Gasteiger charge is -2.10. The Morgan fingerprint density at radius 3 is 1.76 bits per heavy atom. The maximum absolute atomic E-state index is 12.9. The standard InChI is InChI=1S/C19H17FN2O2S/c1-14-2-12-19(13-3-14)25(23,24)22-18-10-8-17(9-11-18)21-16-6-4-15(20)5-7-16/h2-13,21-22H,1H3. The molecule has 0 atom stereocenters. The van der Waals surface area contributed by atoms with Crippen LogP contribution in [0.25, 0.3) is 0 Å². The molecule has 0 fully saturated rings. The van der Waals surface area contributed by atoms with E-state index in [0.29, 0.717) is 5.69 Å². The summed E-state index contributed by atoms with van der Waals surface area (Å²) in [5.41, 5.74) is 2.97. The first-order valence-corrected chi connectivity index (χ1v) is 9.13. The number of benzene rings is 3. The molecule has 0 saturated carbocycles. The molecule has 6 heteroatoms. The smallest absolute Gasteiger partial charge is 0.261 e. The summed E-state index contributed by atoms with van der Waals surface area (Å²) in [6, 6.07) is 19.5. The zero-order valence-corrected chi connectivity index (χ0v) is 14.3. The second kappa shape index (κ2) is 6.94. The summed E-state index contributed by atoms with van der Waals surface area (Å²) in [4.78, 5) is 0.214. The van der Waals surface area contributed by atoms with Gasteiger partial charge in [0.05, 0.1) is 4.90 Å². The van der Waals surface area contributed by atoms with Gasteiger partial charge in [0.1, 0.15) is 5.82 Å². The van der Waals surface area contributed by atoms with Crippen molar-refractivity contribution in [3.8, 4) is 0 Å². The Labute approximate surface area is 146 Å². The first-order chi connectivity index (χ1) is 11.9. The van der Waals surface area contributed by atoms with Gasteiger partial charge in [-0.25, -0.2) is 12.8 Å². The lowest BCUT2D eigenvalue weighted by atomic mass is 10.2. The normalized spacial score (nSPS) is 11.1. The van der Waals surface area contributed by atoms with Gasteiger partial charge in [0, 0.05) is 17.1 Å². The summed E-state index contributed by atoms with van der Waals surface area (Å²) >= 11 is 0. The molecule has 3 aromatic rings. The molecular weight excluding hydrogens is 339 g/mol. The minimum absolute atomic E-state index is 0.214. The van der Waals surface area contributed by atoms with Crippen LogP contribution in [0.4, 0.5) is 21.5 Å². The maximum atomic E-state index is 12.9. The van der Waals surface area contributed by atoms with Crippen LogP contribution >= 0.6 is 0 Å². The number of rotatable bonds is 5. The zero-order chi connectivity index (χ0) is 17.9. The second-order valence-corrected chi connectivity index (χ2v) is 7.31. The van der Waals surface area contributed by atoms with Crippen LogP contribution in [-0.2, 0) is 10.0 Å². The Morgan fingerprint density at radius 2 is 1.20 bits per heavy atom. The summed E-state index contributed by atoms with van der Waals surface area (Å²) in [7, 11) is -3.62. The van der Waals surface area contributed by atoms with E-state index in [1.54, 1.807) is 60.7 Å². The van der Waals surface area contributed by atoms with Crippen molar-refractivity contribution >= 4 is 27.1 Å². The van der Waals surface area contributed by atoms with Crippen molar-refractivity contribution in [2.45, 2.75) is 11.8 Å². The summed E-state index contributed by atoms with van der Waals surface area (Å²) < 4.78 is 40.2. The molecule has 0 amide bonds. The molecule has 4 nitrogen and oxygen atoms in total. The highest BCUT2D eigenvalue weighted by molar-refractivity contribution is 7.92. The van der Waals surface area contributed by atoms with Crippen LogP contribution in [0.15, 0.2) is 77.7 Å². The number of hydrogen-bond donors (Lipinski definition) is 2. The lowest BCUT2D eigenvalue weighted by molar-refractivity contribution is 0.601. The Balaban J connectivity index is 1.71. The highest BCUT2D eigenvalue weighted by atomic mass is 32.2. The van der Waals surface area contributed by atoms with E-state index in [4.69, 9.17) is 0 Å². The molecule has 0 aromatic heterocycles. The lowest BCUT2D eigenvalue weighted by Crippen LogP contribution is -2.12. The Morgan fingerprint density at radius 1 is 0.720 bits per heavy atom. The largest absolute Gasteiger partial charge is 0.356 e. The first-order valence-electron chi connectivity index (χ1n) is 7.64. The molecule has 0 aliphatic heterocycles. The number of halogens is 1. The van der Waals surface area contributed by atoms with Gasteiger partial charge in [-0.05, 0) is 67.6 Å². The number of nitrogens with one attached hydrogen (secondary N) is 2. The predicted molar refractivity (Wildman–Crippen MR) is 98.1 cm³/mol. The van der Waals surface area contributed by atoms with Gasteiger partial charge in [0.15, 0.2) is 0 Å². The molecule has 0 aliphatic rings. The Bertz CT molecular complexity index is 952. The van der Waals surface area contributed by atoms with Crippen LogP contribution in [-0.4, -0.2) is 8.42 Å². The van der Waals surface area contributed by atoms with Crippen LogP contribution in [0, 0.1) is 12.7 Å². The van der Waals surface area contributed by atoms with E-state index in [1.807, 2.05) is 6.92 Å². The van der Waals surface area contributed by atoms with Crippen LogP contribution in [0.5, 0.6) is 0 Å². The Hall–Kier alpha value is -2.86. The minimum Gasteiger partial charge on any atom is -0.356 e. The SMILES string of the molecule is Cc1ccc(S(=O)(=O)Nc2ccc(Nc3ccc(F)cc3)cc2)cc1. The third kappa shape index (κ3) is 4.36. The molecule has 0 heterocycles. The molecule has 0 radical (unpaired) electrons. The molecule has 128 valence electrons. The molecule has 0 saturated heterocycles. The monoisotopic (exact) mass is 356 g/mol. The molecule has 0 unspecified atom stereocenters. The van der Waals surface area contributed by atoms with Gasteiger partial charge >= 0.3 is 0 Å². The molecule has 0 bridgehead atoms. The number of anilines is 3. The minimum atomic E-state index is -3.62. The summed E-state index contributed by atoms with van der Waals surface area (Å²) in [5.74, 6) is -0.300. The fraction of sp³-hybridized carbons (Fsp3) is 0.0526. The fourth-order valence-corrected chi connectivity index (χ4v) is 3.31. The van der Waals surface area contributed by atoms with Gasteiger partial charge in [-0.15, -0.1) is 0 Å². The van der Waals surface area contributed by atoms with Crippen molar-refractivity contribution in [3.05, 3.63) is 84.2 Å². The van der Waals surface area contributed by atoms with E-state index in [-0.39, 0.29) is 10.7 Å². The topological polar surface area (TPSA) is 58.2 Å². The van der Waals surface area contributed by atoms with Crippen molar-refractivity contribution in [2.75, 3.05) is 10.0 Å². The van der Waals surface area contributed by atoms with Crippen LogP contribution in [0.2, 0.25) is 0 Å². The molecule has 2 N–H and O–H groups in total. The number of aryl methyl sites for hydroxylation is 1. The number of hydrogen-bond acceptors (Lipinski definition) is 3. The predicted octanol–water partition coefficient (Wildman–Crippen LogP) is 4.68. The van der Waals surface area contributed by atoms with Gasteiger partial charge in [-0.2, -0.15) is 0 Å². The van der Waals surface area contributed by atoms with Crippen LogP contribution in [0.3, 0.4) is 0 Å². The van der Waals surface area contributed by atoms with Gasteiger partial charge in [-0.3, -0.25) is 4.72 Å². The molecule has 25 heavy (non-hydrogen) atoms. The third-order valence-corrected chi connectivity index (χ3v) is 5.00. The second-order valence-electron chi connectivity index (χ2n) is 5.63. The average Bonchev–Trinajstić information content (AvgIpc) is 2.59. The summed E-state index contributed by atoms with van der Waals surface area (Å²) in [6.45, 7) is 1.90. The van der Waals surface area contributed by atoms with Crippen molar-refractivity contribution in [1.82, 2.24) is 0 Å². The average molecular weight is 356 g/mol. The first kappa shape index (κ1) is 17.0. The quantitative estimate of drug-likeness (QED) is 0.698. The van der Waals surface area contributed by atoms with E-state index >= 15 is 0 Å². The fourth-order valence-electron chi connectivity index (χ4n) is 2.25. The van der Waals surface area contributed by atoms with E-state index in [1.165, 1.54) is 12.1 Å². The van der Waals surface area contributed by atoms with E-state index in [0.717, 1.165) is 16.9 Å². The van der Waals surface area contributed by atoms with Crippen molar-refractivity contribution in [2.24, 2.45) is 0 Å². The molecule has 3 rings (SSSR count). The zero-order valence-electron chi connectivity index (χ0n) is 13.5. The Kier molecular flexibility index (Phi) is 4.72. The van der Waals surface area contributed by atoms with Gasteiger partial charge in [-0.1, -0.05) is 17.7 Å². The highest BCUT2D eigenvalue weighted by Crippen LogP contribution is 2.21. The van der Waals surface area contributed by atoms with Crippen molar-refractivity contribution < 1.29 is 12.8 Å². The number of sulfonamides is 1. The summed E-state index contributed by atoms with van der Waals surface area (Å²) in [6.07, 6.45) is 0. The molecular formula is C19H17FN2O2S. The molecule has 0 aliphatic carbocycles. The van der Waals surface area contributed by atoms with E-state index < -0.39 is 10.0 Å². The molecule has 0 spiro atoms.